The predicted molar refractivity (Wildman–Crippen MR) is 66.3 cm³/mol. The Morgan fingerprint density at radius 1 is 1.41 bits per heavy atom. The molecular weight excluding hydrogens is 242 g/mol. The van der Waals surface area contributed by atoms with Gasteiger partial charge >= 0.3 is 0 Å². The number of nitrogens with zero attached hydrogens (tertiary/aromatic N) is 1. The molecule has 1 aromatic carbocycles. The van der Waals surface area contributed by atoms with Crippen molar-refractivity contribution in [2.45, 2.75) is 0 Å². The zero-order valence-corrected chi connectivity index (χ0v) is 9.78. The Kier molecular flexibility index (Phi) is 3.01. The Labute approximate surface area is 102 Å². The van der Waals surface area contributed by atoms with Crippen LogP contribution >= 0.6 is 11.6 Å². The number of aromatic nitrogens is 2. The molecule has 0 aliphatic heterocycles. The summed E-state index contributed by atoms with van der Waals surface area (Å²) in [5.74, 6) is 0.632. The van der Waals surface area contributed by atoms with Crippen molar-refractivity contribution in [2.75, 3.05) is 12.8 Å². The van der Waals surface area contributed by atoms with E-state index in [0.717, 1.165) is 0 Å². The normalized spacial score (nSPS) is 10.2. The molecule has 2 rings (SSSR count). The number of rotatable bonds is 2. The monoisotopic (exact) mass is 251 g/mol. The molecule has 0 fully saturated rings. The number of anilines is 1. The number of nitrogens with one attached hydrogen (secondary N) is 1. The zero-order chi connectivity index (χ0) is 12.4. The van der Waals surface area contributed by atoms with Crippen molar-refractivity contribution in [3.05, 3.63) is 39.6 Å². The van der Waals surface area contributed by atoms with Crippen LogP contribution in [0.1, 0.15) is 0 Å². The number of H-pyrrole nitrogens is 1. The lowest BCUT2D eigenvalue weighted by Gasteiger charge is -2.05. The number of methoxy groups -OCH3 is 1. The van der Waals surface area contributed by atoms with Crippen LogP contribution in [0.3, 0.4) is 0 Å². The number of ether oxygens (including phenoxy) is 1. The Hall–Kier alpha value is -2.01. The quantitative estimate of drug-likeness (QED) is 0.851. The van der Waals surface area contributed by atoms with Crippen LogP contribution < -0.4 is 16.0 Å². The van der Waals surface area contributed by atoms with Gasteiger partial charge in [-0.3, -0.25) is 9.78 Å². The number of benzene rings is 1. The molecule has 0 amide bonds. The highest BCUT2D eigenvalue weighted by Crippen LogP contribution is 2.28. The van der Waals surface area contributed by atoms with Gasteiger partial charge in [0.1, 0.15) is 5.75 Å². The molecule has 0 bridgehead atoms. The van der Waals surface area contributed by atoms with E-state index in [0.29, 0.717) is 22.0 Å². The summed E-state index contributed by atoms with van der Waals surface area (Å²) in [7, 11) is 1.53. The highest BCUT2D eigenvalue weighted by molar-refractivity contribution is 6.32. The minimum Gasteiger partial charge on any atom is -0.495 e. The second-order valence-corrected chi connectivity index (χ2v) is 3.77. The highest BCUT2D eigenvalue weighted by Gasteiger charge is 2.06. The van der Waals surface area contributed by atoms with Crippen molar-refractivity contribution in [3.8, 4) is 17.0 Å². The first-order chi connectivity index (χ1) is 8.10. The number of halogens is 1. The van der Waals surface area contributed by atoms with E-state index >= 15 is 0 Å². The van der Waals surface area contributed by atoms with Gasteiger partial charge in [-0.25, -0.2) is 4.98 Å². The van der Waals surface area contributed by atoms with Crippen molar-refractivity contribution in [1.82, 2.24) is 9.97 Å². The van der Waals surface area contributed by atoms with E-state index in [1.807, 2.05) is 0 Å². The molecule has 6 heteroatoms. The summed E-state index contributed by atoms with van der Waals surface area (Å²) in [6, 6.07) is 6.48. The summed E-state index contributed by atoms with van der Waals surface area (Å²) in [6.07, 6.45) is 0. The molecule has 0 aliphatic carbocycles. The molecule has 0 spiro atoms. The molecule has 0 radical (unpaired) electrons. The predicted octanol–water partition coefficient (Wildman–Crippen LogP) is 1.68. The van der Waals surface area contributed by atoms with Crippen LogP contribution in [0.4, 0.5) is 5.95 Å². The molecule has 17 heavy (non-hydrogen) atoms. The second kappa shape index (κ2) is 4.47. The van der Waals surface area contributed by atoms with Gasteiger partial charge in [0.2, 0.25) is 5.95 Å². The minimum atomic E-state index is -0.306. The lowest BCUT2D eigenvalue weighted by atomic mass is 10.1. The lowest BCUT2D eigenvalue weighted by Crippen LogP contribution is -2.10. The Morgan fingerprint density at radius 2 is 2.18 bits per heavy atom. The second-order valence-electron chi connectivity index (χ2n) is 3.37. The van der Waals surface area contributed by atoms with E-state index in [1.165, 1.54) is 13.2 Å². The van der Waals surface area contributed by atoms with Crippen LogP contribution in [0.15, 0.2) is 29.1 Å². The summed E-state index contributed by atoms with van der Waals surface area (Å²) >= 11 is 5.99. The van der Waals surface area contributed by atoms with Crippen LogP contribution in [0.2, 0.25) is 5.02 Å². The smallest absolute Gasteiger partial charge is 0.252 e. The average molecular weight is 252 g/mol. The molecule has 0 atom stereocenters. The topological polar surface area (TPSA) is 81.0 Å². The molecule has 0 unspecified atom stereocenters. The third kappa shape index (κ3) is 2.39. The highest BCUT2D eigenvalue weighted by atomic mass is 35.5. The molecule has 2 aromatic rings. The molecular formula is C11H10ClN3O2. The Morgan fingerprint density at radius 3 is 2.76 bits per heavy atom. The molecule has 0 saturated carbocycles. The van der Waals surface area contributed by atoms with Gasteiger partial charge in [0.05, 0.1) is 17.8 Å². The summed E-state index contributed by atoms with van der Waals surface area (Å²) < 4.78 is 5.04. The molecule has 5 nitrogen and oxygen atoms in total. The molecule has 88 valence electrons. The molecule has 1 heterocycles. The summed E-state index contributed by atoms with van der Waals surface area (Å²) in [6.45, 7) is 0. The van der Waals surface area contributed by atoms with Crippen molar-refractivity contribution in [1.29, 1.82) is 0 Å². The molecule has 0 saturated heterocycles. The lowest BCUT2D eigenvalue weighted by molar-refractivity contribution is 0.415. The van der Waals surface area contributed by atoms with Gasteiger partial charge in [0.25, 0.3) is 5.56 Å². The van der Waals surface area contributed by atoms with Crippen LogP contribution in [0.25, 0.3) is 11.3 Å². The van der Waals surface area contributed by atoms with E-state index in [9.17, 15) is 4.79 Å². The van der Waals surface area contributed by atoms with E-state index in [4.69, 9.17) is 22.1 Å². The number of hydrogen-bond donors (Lipinski definition) is 2. The van der Waals surface area contributed by atoms with Crippen LogP contribution in [0.5, 0.6) is 5.75 Å². The van der Waals surface area contributed by atoms with Gasteiger partial charge in [-0.15, -0.1) is 0 Å². The van der Waals surface area contributed by atoms with E-state index in [-0.39, 0.29) is 11.5 Å². The van der Waals surface area contributed by atoms with Gasteiger partial charge in [0.15, 0.2) is 0 Å². The number of hydrogen-bond acceptors (Lipinski definition) is 4. The van der Waals surface area contributed by atoms with Crippen LogP contribution in [-0.2, 0) is 0 Å². The van der Waals surface area contributed by atoms with Gasteiger partial charge in [0, 0.05) is 11.6 Å². The van der Waals surface area contributed by atoms with Crippen molar-refractivity contribution in [2.24, 2.45) is 0 Å². The molecule has 1 aromatic heterocycles. The Balaban J connectivity index is 2.53. The van der Waals surface area contributed by atoms with Gasteiger partial charge < -0.3 is 10.5 Å². The minimum absolute atomic E-state index is 0.0689. The number of nitrogens with two attached hydrogens (primary N) is 1. The van der Waals surface area contributed by atoms with Gasteiger partial charge in [-0.1, -0.05) is 11.6 Å². The van der Waals surface area contributed by atoms with Crippen molar-refractivity contribution in [3.63, 3.8) is 0 Å². The fraction of sp³-hybridized carbons (Fsp3) is 0.0909. The zero-order valence-electron chi connectivity index (χ0n) is 9.03. The summed E-state index contributed by atoms with van der Waals surface area (Å²) in [5, 5.41) is 0.450. The first kappa shape index (κ1) is 11.5. The third-order valence-corrected chi connectivity index (χ3v) is 2.50. The maximum absolute atomic E-state index is 11.3. The van der Waals surface area contributed by atoms with Crippen molar-refractivity contribution >= 4 is 17.5 Å². The fourth-order valence-electron chi connectivity index (χ4n) is 1.45. The fourth-order valence-corrected chi connectivity index (χ4v) is 1.71. The maximum Gasteiger partial charge on any atom is 0.252 e. The average Bonchev–Trinajstić information content (AvgIpc) is 2.27. The standard InChI is InChI=1S/C11H10ClN3O2/c1-17-9-3-2-6(4-7(9)12)8-5-10(16)15-11(13)14-8/h2-5H,1H3,(H3,13,14,15,16). The van der Waals surface area contributed by atoms with Gasteiger partial charge in [-0.05, 0) is 18.2 Å². The summed E-state index contributed by atoms with van der Waals surface area (Å²) in [4.78, 5) is 17.7. The Bertz CT molecular complexity index is 610. The van der Waals surface area contributed by atoms with Crippen LogP contribution in [-0.4, -0.2) is 17.1 Å². The van der Waals surface area contributed by atoms with Crippen LogP contribution in [0, 0.1) is 0 Å². The largest absolute Gasteiger partial charge is 0.495 e. The van der Waals surface area contributed by atoms with E-state index < -0.39 is 0 Å². The number of aromatic amines is 1. The first-order valence-corrected chi connectivity index (χ1v) is 5.18. The SMILES string of the molecule is COc1ccc(-c2cc(=O)[nH]c(N)n2)cc1Cl. The van der Waals surface area contributed by atoms with Crippen molar-refractivity contribution < 1.29 is 4.74 Å². The molecule has 3 N–H and O–H groups in total. The van der Waals surface area contributed by atoms with Gasteiger partial charge in [-0.2, -0.15) is 0 Å². The first-order valence-electron chi connectivity index (χ1n) is 4.81. The van der Waals surface area contributed by atoms with E-state index in [2.05, 4.69) is 9.97 Å². The van der Waals surface area contributed by atoms with E-state index in [1.54, 1.807) is 18.2 Å². The third-order valence-electron chi connectivity index (χ3n) is 2.21. The molecule has 0 aliphatic rings. The summed E-state index contributed by atoms with van der Waals surface area (Å²) in [5.41, 5.74) is 6.33. The number of nitrogen functional groups attached to an aromatic ring is 1. The maximum atomic E-state index is 11.3.